The number of rotatable bonds is 5. The largest absolute Gasteiger partial charge is 0.306 e. The van der Waals surface area contributed by atoms with Crippen LogP contribution in [-0.2, 0) is 6.42 Å². The summed E-state index contributed by atoms with van der Waals surface area (Å²) in [6.45, 7) is 4.72. The van der Waals surface area contributed by atoms with E-state index < -0.39 is 11.6 Å². The third-order valence-electron chi connectivity index (χ3n) is 3.12. The predicted octanol–water partition coefficient (Wildman–Crippen LogP) is 4.29. The quantitative estimate of drug-likeness (QED) is 0.862. The van der Waals surface area contributed by atoms with Crippen molar-refractivity contribution in [3.8, 4) is 0 Å². The van der Waals surface area contributed by atoms with Gasteiger partial charge in [-0.3, -0.25) is 0 Å². The van der Waals surface area contributed by atoms with Gasteiger partial charge in [0.05, 0.1) is 6.04 Å². The molecule has 1 atom stereocenters. The zero-order valence-electron chi connectivity index (χ0n) is 11.0. The molecule has 0 spiro atoms. The summed E-state index contributed by atoms with van der Waals surface area (Å²) in [5.41, 5.74) is 1.55. The standard InChI is InChI=1S/C15H17F2NS/c1-3-10-8-9-19-15(10)14(18-4-2)11-6-5-7-12(16)13(11)17/h5-9,14,18H,3-4H2,1-2H3. The number of thiophene rings is 1. The molecule has 0 aliphatic rings. The van der Waals surface area contributed by atoms with Crippen molar-refractivity contribution in [3.63, 3.8) is 0 Å². The number of nitrogens with one attached hydrogen (secondary N) is 1. The minimum Gasteiger partial charge on any atom is -0.306 e. The second-order valence-corrected chi connectivity index (χ2v) is 5.25. The van der Waals surface area contributed by atoms with Gasteiger partial charge < -0.3 is 5.32 Å². The normalized spacial score (nSPS) is 12.6. The Kier molecular flexibility index (Phi) is 4.66. The lowest BCUT2D eigenvalue weighted by Crippen LogP contribution is -2.23. The lowest BCUT2D eigenvalue weighted by Gasteiger charge is -2.19. The third-order valence-corrected chi connectivity index (χ3v) is 4.15. The topological polar surface area (TPSA) is 12.0 Å². The van der Waals surface area contributed by atoms with Crippen LogP contribution in [0, 0.1) is 11.6 Å². The first-order valence-electron chi connectivity index (χ1n) is 6.42. The van der Waals surface area contributed by atoms with Gasteiger partial charge >= 0.3 is 0 Å². The van der Waals surface area contributed by atoms with Crippen LogP contribution in [0.1, 0.15) is 35.9 Å². The maximum absolute atomic E-state index is 14.0. The van der Waals surface area contributed by atoms with E-state index in [4.69, 9.17) is 0 Å². The van der Waals surface area contributed by atoms with Crippen LogP contribution in [0.3, 0.4) is 0 Å². The molecule has 1 heterocycles. The van der Waals surface area contributed by atoms with E-state index in [1.807, 2.05) is 18.4 Å². The van der Waals surface area contributed by atoms with Gasteiger partial charge in [-0.05, 0) is 36.0 Å². The molecule has 0 fully saturated rings. The summed E-state index contributed by atoms with van der Waals surface area (Å²) in [4.78, 5) is 1.06. The van der Waals surface area contributed by atoms with Crippen molar-refractivity contribution in [1.29, 1.82) is 0 Å². The fraction of sp³-hybridized carbons (Fsp3) is 0.333. The molecule has 19 heavy (non-hydrogen) atoms. The maximum atomic E-state index is 14.0. The second kappa shape index (κ2) is 6.26. The molecule has 1 nitrogen and oxygen atoms in total. The highest BCUT2D eigenvalue weighted by atomic mass is 32.1. The van der Waals surface area contributed by atoms with Gasteiger partial charge in [-0.25, -0.2) is 8.78 Å². The van der Waals surface area contributed by atoms with Crippen LogP contribution in [0.2, 0.25) is 0 Å². The highest BCUT2D eigenvalue weighted by Gasteiger charge is 2.22. The van der Waals surface area contributed by atoms with Gasteiger partial charge in [-0.15, -0.1) is 11.3 Å². The highest BCUT2D eigenvalue weighted by molar-refractivity contribution is 7.10. The molecule has 102 valence electrons. The first-order valence-corrected chi connectivity index (χ1v) is 7.30. The lowest BCUT2D eigenvalue weighted by atomic mass is 10.0. The van der Waals surface area contributed by atoms with Crippen molar-refractivity contribution in [2.45, 2.75) is 26.3 Å². The van der Waals surface area contributed by atoms with Gasteiger partial charge in [0.1, 0.15) is 0 Å². The van der Waals surface area contributed by atoms with E-state index >= 15 is 0 Å². The van der Waals surface area contributed by atoms with Crippen LogP contribution in [0.5, 0.6) is 0 Å². The first-order chi connectivity index (χ1) is 9.19. The van der Waals surface area contributed by atoms with Crippen LogP contribution in [0.15, 0.2) is 29.6 Å². The Hall–Kier alpha value is -1.26. The molecule has 1 aromatic heterocycles. The molecule has 0 aliphatic carbocycles. The average Bonchev–Trinajstić information content (AvgIpc) is 2.88. The molecule has 0 amide bonds. The SMILES string of the molecule is CCNC(c1cccc(F)c1F)c1sccc1CC. The van der Waals surface area contributed by atoms with Crippen LogP contribution in [-0.4, -0.2) is 6.54 Å². The third kappa shape index (κ3) is 2.85. The van der Waals surface area contributed by atoms with Crippen molar-refractivity contribution in [2.75, 3.05) is 6.54 Å². The molecule has 4 heteroatoms. The van der Waals surface area contributed by atoms with E-state index in [2.05, 4.69) is 12.2 Å². The fourth-order valence-electron chi connectivity index (χ4n) is 2.18. The predicted molar refractivity (Wildman–Crippen MR) is 75.6 cm³/mol. The Morgan fingerprint density at radius 1 is 1.21 bits per heavy atom. The molecular weight excluding hydrogens is 264 g/mol. The van der Waals surface area contributed by atoms with Gasteiger partial charge in [-0.1, -0.05) is 26.0 Å². The lowest BCUT2D eigenvalue weighted by molar-refractivity contribution is 0.484. The molecule has 1 aromatic carbocycles. The van der Waals surface area contributed by atoms with Crippen molar-refractivity contribution in [1.82, 2.24) is 5.32 Å². The summed E-state index contributed by atoms with van der Waals surface area (Å²) >= 11 is 1.58. The van der Waals surface area contributed by atoms with Crippen LogP contribution < -0.4 is 5.32 Å². The fourth-order valence-corrected chi connectivity index (χ4v) is 3.27. The Morgan fingerprint density at radius 3 is 2.68 bits per heavy atom. The van der Waals surface area contributed by atoms with Gasteiger partial charge in [0, 0.05) is 10.4 Å². The van der Waals surface area contributed by atoms with Gasteiger partial charge in [-0.2, -0.15) is 0 Å². The minimum atomic E-state index is -0.796. The molecule has 2 rings (SSSR count). The van der Waals surface area contributed by atoms with E-state index in [0.717, 1.165) is 17.4 Å². The summed E-state index contributed by atoms with van der Waals surface area (Å²) in [5, 5.41) is 5.24. The summed E-state index contributed by atoms with van der Waals surface area (Å²) in [6.07, 6.45) is 0.887. The van der Waals surface area contributed by atoms with E-state index in [1.54, 1.807) is 23.5 Å². The molecule has 1 unspecified atom stereocenters. The summed E-state index contributed by atoms with van der Waals surface area (Å²) in [5.74, 6) is -1.56. The van der Waals surface area contributed by atoms with E-state index in [0.29, 0.717) is 12.1 Å². The first kappa shape index (κ1) is 14.2. The number of hydrogen-bond acceptors (Lipinski definition) is 2. The molecule has 0 radical (unpaired) electrons. The van der Waals surface area contributed by atoms with Crippen LogP contribution in [0.25, 0.3) is 0 Å². The van der Waals surface area contributed by atoms with E-state index in [1.165, 1.54) is 5.56 Å². The number of hydrogen-bond donors (Lipinski definition) is 1. The zero-order valence-corrected chi connectivity index (χ0v) is 11.9. The Labute approximate surface area is 116 Å². The zero-order chi connectivity index (χ0) is 13.8. The molecule has 2 aromatic rings. The van der Waals surface area contributed by atoms with Crippen molar-refractivity contribution < 1.29 is 8.78 Å². The number of benzene rings is 1. The van der Waals surface area contributed by atoms with Crippen molar-refractivity contribution in [2.24, 2.45) is 0 Å². The Bertz CT molecular complexity index is 551. The summed E-state index contributed by atoms with van der Waals surface area (Å²) in [7, 11) is 0. The summed E-state index contributed by atoms with van der Waals surface area (Å²) < 4.78 is 27.4. The monoisotopic (exact) mass is 281 g/mol. The van der Waals surface area contributed by atoms with Crippen molar-refractivity contribution in [3.05, 3.63) is 57.3 Å². The Morgan fingerprint density at radius 2 is 2.00 bits per heavy atom. The molecular formula is C15H17F2NS. The summed E-state index contributed by atoms with van der Waals surface area (Å²) in [6, 6.07) is 6.11. The maximum Gasteiger partial charge on any atom is 0.163 e. The van der Waals surface area contributed by atoms with Crippen molar-refractivity contribution >= 4 is 11.3 Å². The Balaban J connectivity index is 2.48. The van der Waals surface area contributed by atoms with Gasteiger partial charge in [0.2, 0.25) is 0 Å². The van der Waals surface area contributed by atoms with Crippen LogP contribution >= 0.6 is 11.3 Å². The molecule has 0 saturated heterocycles. The molecule has 1 N–H and O–H groups in total. The average molecular weight is 281 g/mol. The second-order valence-electron chi connectivity index (χ2n) is 4.30. The number of halogens is 2. The smallest absolute Gasteiger partial charge is 0.163 e. The van der Waals surface area contributed by atoms with Crippen LogP contribution in [0.4, 0.5) is 8.78 Å². The molecule has 0 aliphatic heterocycles. The highest BCUT2D eigenvalue weighted by Crippen LogP contribution is 2.32. The van der Waals surface area contributed by atoms with Gasteiger partial charge in [0.25, 0.3) is 0 Å². The minimum absolute atomic E-state index is 0.282. The van der Waals surface area contributed by atoms with E-state index in [9.17, 15) is 8.78 Å². The van der Waals surface area contributed by atoms with Gasteiger partial charge in [0.15, 0.2) is 11.6 Å². The molecule has 0 saturated carbocycles. The number of aryl methyl sites for hydroxylation is 1. The van der Waals surface area contributed by atoms with E-state index in [-0.39, 0.29) is 6.04 Å². The molecule has 0 bridgehead atoms.